The van der Waals surface area contributed by atoms with Crippen LogP contribution < -0.4 is 5.32 Å². The maximum atomic E-state index is 10.9. The Hall–Kier alpha value is -0.860. The fraction of sp³-hybridized carbons (Fsp3) is 0.625. The molecule has 2 aliphatic rings. The molecule has 0 aromatic heterocycles. The second-order valence-corrected chi connectivity index (χ2v) is 6.17. The van der Waals surface area contributed by atoms with Gasteiger partial charge in [-0.25, -0.2) is 0 Å². The molecule has 2 heteroatoms. The number of aryl methyl sites for hydroxylation is 1. The van der Waals surface area contributed by atoms with E-state index in [2.05, 4.69) is 36.5 Å². The van der Waals surface area contributed by atoms with Crippen molar-refractivity contribution < 1.29 is 10.4 Å². The summed E-state index contributed by atoms with van der Waals surface area (Å²) in [5.74, 6) is 0.447. The van der Waals surface area contributed by atoms with Crippen LogP contribution in [-0.2, 0) is 0 Å². The molecule has 2 fully saturated rings. The zero-order chi connectivity index (χ0) is 12.6. The Morgan fingerprint density at radius 2 is 1.94 bits per heavy atom. The average molecular weight is 246 g/mol. The van der Waals surface area contributed by atoms with Crippen molar-refractivity contribution in [1.29, 1.82) is 0 Å². The first-order chi connectivity index (χ1) is 8.69. The van der Waals surface area contributed by atoms with Gasteiger partial charge >= 0.3 is 0 Å². The van der Waals surface area contributed by atoms with Gasteiger partial charge in [-0.05, 0) is 19.8 Å². The lowest BCUT2D eigenvalue weighted by Crippen LogP contribution is -2.91. The highest BCUT2D eigenvalue weighted by molar-refractivity contribution is 5.24. The fourth-order valence-electron chi connectivity index (χ4n) is 3.91. The Balaban J connectivity index is 1.88. The summed E-state index contributed by atoms with van der Waals surface area (Å²) in [4.78, 5) is 0. The number of benzene rings is 1. The Kier molecular flexibility index (Phi) is 3.16. The van der Waals surface area contributed by atoms with Crippen LogP contribution in [0.1, 0.15) is 49.3 Å². The first-order valence-corrected chi connectivity index (χ1v) is 7.31. The molecule has 1 aromatic rings. The van der Waals surface area contributed by atoms with E-state index in [1.807, 2.05) is 0 Å². The number of piperidine rings is 1. The molecule has 0 radical (unpaired) electrons. The lowest BCUT2D eigenvalue weighted by molar-refractivity contribution is -0.719. The maximum Gasteiger partial charge on any atom is 0.117 e. The number of nitrogens with two attached hydrogens (primary N) is 1. The summed E-state index contributed by atoms with van der Waals surface area (Å²) < 4.78 is 0. The largest absolute Gasteiger partial charge is 0.389 e. The first-order valence-electron chi connectivity index (χ1n) is 7.31. The van der Waals surface area contributed by atoms with Gasteiger partial charge in [0.25, 0.3) is 0 Å². The summed E-state index contributed by atoms with van der Waals surface area (Å²) in [7, 11) is 0. The van der Waals surface area contributed by atoms with Crippen molar-refractivity contribution in [2.75, 3.05) is 6.54 Å². The van der Waals surface area contributed by atoms with Gasteiger partial charge in [-0.1, -0.05) is 42.7 Å². The molecule has 1 aliphatic carbocycles. The molecule has 3 rings (SSSR count). The highest BCUT2D eigenvalue weighted by atomic mass is 16.3. The van der Waals surface area contributed by atoms with Gasteiger partial charge in [0.05, 0.1) is 12.1 Å². The van der Waals surface area contributed by atoms with Crippen LogP contribution in [0.3, 0.4) is 0 Å². The van der Waals surface area contributed by atoms with E-state index in [9.17, 15) is 5.11 Å². The van der Waals surface area contributed by atoms with Crippen LogP contribution in [0.5, 0.6) is 0 Å². The van der Waals surface area contributed by atoms with Crippen LogP contribution in [0, 0.1) is 12.8 Å². The predicted octanol–water partition coefficient (Wildman–Crippen LogP) is 1.92. The zero-order valence-electron chi connectivity index (χ0n) is 11.2. The fourth-order valence-corrected chi connectivity index (χ4v) is 3.91. The SMILES string of the molecule is Cc1ccc([C@H]2[NH2+]CC[C@@]3(O)CCCC[C@@H]23)cc1. The quantitative estimate of drug-likeness (QED) is 0.780. The van der Waals surface area contributed by atoms with Crippen molar-refractivity contribution in [2.24, 2.45) is 5.92 Å². The van der Waals surface area contributed by atoms with Gasteiger partial charge in [0.2, 0.25) is 0 Å². The van der Waals surface area contributed by atoms with E-state index < -0.39 is 0 Å². The Morgan fingerprint density at radius 1 is 1.17 bits per heavy atom. The second kappa shape index (κ2) is 4.67. The molecule has 0 amide bonds. The second-order valence-electron chi connectivity index (χ2n) is 6.17. The first kappa shape index (κ1) is 12.2. The lowest BCUT2D eigenvalue weighted by atomic mass is 9.67. The summed E-state index contributed by atoms with van der Waals surface area (Å²) in [6.07, 6.45) is 5.65. The van der Waals surface area contributed by atoms with Gasteiger partial charge in [0.1, 0.15) is 6.04 Å². The summed E-state index contributed by atoms with van der Waals surface area (Å²) in [6, 6.07) is 9.34. The Bertz CT molecular complexity index is 410. The zero-order valence-corrected chi connectivity index (χ0v) is 11.2. The molecule has 0 spiro atoms. The minimum absolute atomic E-state index is 0.386. The molecular formula is C16H24NO+. The summed E-state index contributed by atoms with van der Waals surface area (Å²) in [6.45, 7) is 3.19. The van der Waals surface area contributed by atoms with Crippen LogP contribution in [-0.4, -0.2) is 17.3 Å². The molecule has 0 unspecified atom stereocenters. The minimum Gasteiger partial charge on any atom is -0.389 e. The monoisotopic (exact) mass is 246 g/mol. The van der Waals surface area contributed by atoms with Gasteiger partial charge in [-0.15, -0.1) is 0 Å². The van der Waals surface area contributed by atoms with Crippen LogP contribution in [0.2, 0.25) is 0 Å². The molecule has 18 heavy (non-hydrogen) atoms. The van der Waals surface area contributed by atoms with Gasteiger partial charge < -0.3 is 10.4 Å². The summed E-state index contributed by atoms with van der Waals surface area (Å²) in [5, 5.41) is 13.3. The smallest absolute Gasteiger partial charge is 0.117 e. The number of hydrogen-bond donors (Lipinski definition) is 2. The van der Waals surface area contributed by atoms with Crippen molar-refractivity contribution in [2.45, 2.75) is 50.7 Å². The summed E-state index contributed by atoms with van der Waals surface area (Å²) >= 11 is 0. The number of hydrogen-bond acceptors (Lipinski definition) is 1. The number of rotatable bonds is 1. The Morgan fingerprint density at radius 3 is 2.72 bits per heavy atom. The minimum atomic E-state index is -0.386. The highest BCUT2D eigenvalue weighted by Gasteiger charge is 2.48. The van der Waals surface area contributed by atoms with Crippen molar-refractivity contribution in [3.8, 4) is 0 Å². The van der Waals surface area contributed by atoms with E-state index in [1.54, 1.807) is 0 Å². The molecule has 1 heterocycles. The van der Waals surface area contributed by atoms with Crippen molar-refractivity contribution in [1.82, 2.24) is 0 Å². The van der Waals surface area contributed by atoms with Crippen LogP contribution >= 0.6 is 0 Å². The van der Waals surface area contributed by atoms with Crippen LogP contribution in [0.15, 0.2) is 24.3 Å². The van der Waals surface area contributed by atoms with E-state index in [1.165, 1.54) is 30.4 Å². The van der Waals surface area contributed by atoms with Gasteiger partial charge in [0.15, 0.2) is 0 Å². The lowest BCUT2D eigenvalue weighted by Gasteiger charge is -2.46. The van der Waals surface area contributed by atoms with E-state index in [0.717, 1.165) is 19.4 Å². The molecule has 2 nitrogen and oxygen atoms in total. The molecular weight excluding hydrogens is 222 g/mol. The van der Waals surface area contributed by atoms with E-state index in [4.69, 9.17) is 0 Å². The third-order valence-electron chi connectivity index (χ3n) is 4.96. The molecule has 0 bridgehead atoms. The van der Waals surface area contributed by atoms with Crippen LogP contribution in [0.25, 0.3) is 0 Å². The molecule has 1 aliphatic heterocycles. The number of aliphatic hydroxyl groups is 1. The van der Waals surface area contributed by atoms with Crippen LogP contribution in [0.4, 0.5) is 0 Å². The van der Waals surface area contributed by atoms with Gasteiger partial charge in [0, 0.05) is 17.9 Å². The standard InChI is InChI=1S/C16H23NO/c1-12-5-7-13(8-6-12)15-14-4-2-3-9-16(14,18)10-11-17-15/h5-8,14-15,17-18H,2-4,9-11H2,1H3/p+1/t14-,15+,16-/m0/s1. The van der Waals surface area contributed by atoms with Crippen molar-refractivity contribution in [3.63, 3.8) is 0 Å². The topological polar surface area (TPSA) is 36.8 Å². The molecule has 1 saturated carbocycles. The highest BCUT2D eigenvalue weighted by Crippen LogP contribution is 2.43. The van der Waals surface area contributed by atoms with Crippen molar-refractivity contribution >= 4 is 0 Å². The van der Waals surface area contributed by atoms with E-state index >= 15 is 0 Å². The van der Waals surface area contributed by atoms with Crippen molar-refractivity contribution in [3.05, 3.63) is 35.4 Å². The maximum absolute atomic E-state index is 10.9. The Labute approximate surface area is 109 Å². The number of quaternary nitrogens is 1. The normalized spacial score (nSPS) is 36.1. The molecule has 3 atom stereocenters. The number of fused-ring (bicyclic) bond motifs is 1. The predicted molar refractivity (Wildman–Crippen MR) is 72.2 cm³/mol. The molecule has 1 aromatic carbocycles. The van der Waals surface area contributed by atoms with E-state index in [-0.39, 0.29) is 5.60 Å². The third-order valence-corrected chi connectivity index (χ3v) is 4.96. The average Bonchev–Trinajstić information content (AvgIpc) is 2.38. The van der Waals surface area contributed by atoms with Gasteiger partial charge in [-0.2, -0.15) is 0 Å². The molecule has 98 valence electrons. The van der Waals surface area contributed by atoms with E-state index in [0.29, 0.717) is 12.0 Å². The third kappa shape index (κ3) is 2.08. The summed E-state index contributed by atoms with van der Waals surface area (Å²) in [5.41, 5.74) is 2.32. The molecule has 1 saturated heterocycles. The van der Waals surface area contributed by atoms with Gasteiger partial charge in [-0.3, -0.25) is 0 Å². The molecule has 3 N–H and O–H groups in total.